The maximum Gasteiger partial charge on any atom is 0.442 e. The van der Waals surface area contributed by atoms with Gasteiger partial charge >= 0.3 is 11.8 Å². The molecule has 1 heterocycles. The summed E-state index contributed by atoms with van der Waals surface area (Å²) in [5.41, 5.74) is -2.36. The van der Waals surface area contributed by atoms with Crippen LogP contribution in [0.15, 0.2) is 34.5 Å². The molecule has 1 aromatic carbocycles. The van der Waals surface area contributed by atoms with E-state index in [2.05, 4.69) is 22.9 Å². The van der Waals surface area contributed by atoms with Crippen LogP contribution in [0, 0.1) is 0 Å². The highest BCUT2D eigenvalue weighted by atomic mass is 32.1. The summed E-state index contributed by atoms with van der Waals surface area (Å²) in [6, 6.07) is 6.00. The van der Waals surface area contributed by atoms with E-state index in [0.717, 1.165) is 18.6 Å². The van der Waals surface area contributed by atoms with Crippen LogP contribution in [0.5, 0.6) is 5.75 Å². The van der Waals surface area contributed by atoms with Crippen molar-refractivity contribution >= 4 is 12.6 Å². The lowest BCUT2D eigenvalue weighted by molar-refractivity contribution is -0.166. The van der Waals surface area contributed by atoms with E-state index in [9.17, 15) is 13.2 Å². The Morgan fingerprint density at radius 2 is 1.41 bits per heavy atom. The molecule has 0 bridgehead atoms. The first kappa shape index (κ1) is 22.1. The lowest BCUT2D eigenvalue weighted by Crippen LogP contribution is -2.30. The number of thiol groups is 1. The second kappa shape index (κ2) is 10.9. The molecule has 0 spiro atoms. The van der Waals surface area contributed by atoms with Gasteiger partial charge in [0.25, 0.3) is 0 Å². The molecule has 1 aliphatic heterocycles. The lowest BCUT2D eigenvalue weighted by Gasteiger charge is -2.15. The Kier molecular flexibility index (Phi) is 8.93. The number of nitrogens with zero attached hydrogens (tertiary/aromatic N) is 2. The molecule has 0 amide bonds. The zero-order chi connectivity index (χ0) is 19.6. The fraction of sp³-hybridized carbons (Fsp3) is 0.700. The van der Waals surface area contributed by atoms with Crippen molar-refractivity contribution < 1.29 is 17.9 Å². The fourth-order valence-electron chi connectivity index (χ4n) is 3.06. The lowest BCUT2D eigenvalue weighted by atomic mass is 10.0. The summed E-state index contributed by atoms with van der Waals surface area (Å²) in [5, 5.41) is 6.45. The van der Waals surface area contributed by atoms with E-state index in [1.165, 1.54) is 63.5 Å². The molecule has 0 aliphatic carbocycles. The number of unbranched alkanes of at least 4 members (excludes halogenated alkanes) is 9. The number of hydrogen-bond donors (Lipinski definition) is 1. The van der Waals surface area contributed by atoms with Crippen LogP contribution in [0.3, 0.4) is 0 Å². The van der Waals surface area contributed by atoms with Gasteiger partial charge < -0.3 is 4.74 Å². The Hall–Kier alpha value is -1.24. The quantitative estimate of drug-likeness (QED) is 0.262. The van der Waals surface area contributed by atoms with Crippen molar-refractivity contribution in [2.24, 2.45) is 10.2 Å². The normalized spacial score (nSPS) is 15.1. The molecule has 1 aromatic rings. The highest BCUT2D eigenvalue weighted by molar-refractivity contribution is 7.80. The highest BCUT2D eigenvalue weighted by Gasteiger charge is 2.65. The summed E-state index contributed by atoms with van der Waals surface area (Å²) in [6.45, 7) is 0.514. The first-order valence-corrected chi connectivity index (χ1v) is 10.5. The molecule has 0 saturated carbocycles. The topological polar surface area (TPSA) is 34.0 Å². The summed E-state index contributed by atoms with van der Waals surface area (Å²) in [5.74, 6) is 1.43. The molecule has 0 saturated heterocycles. The van der Waals surface area contributed by atoms with Gasteiger partial charge in [-0.25, -0.2) is 0 Å². The average molecular weight is 403 g/mol. The van der Waals surface area contributed by atoms with Gasteiger partial charge in [-0.3, -0.25) is 0 Å². The molecule has 2 rings (SSSR count). The van der Waals surface area contributed by atoms with Gasteiger partial charge in [0.2, 0.25) is 0 Å². The Labute approximate surface area is 165 Å². The van der Waals surface area contributed by atoms with Gasteiger partial charge in [0.1, 0.15) is 5.75 Å². The third-order valence-corrected chi connectivity index (χ3v) is 5.07. The summed E-state index contributed by atoms with van der Waals surface area (Å²) in [4.78, 5) is 0. The Morgan fingerprint density at radius 1 is 0.852 bits per heavy atom. The van der Waals surface area contributed by atoms with Crippen molar-refractivity contribution in [3.8, 4) is 5.75 Å². The minimum atomic E-state index is -4.50. The number of halogens is 3. The minimum Gasteiger partial charge on any atom is -0.494 e. The molecule has 0 unspecified atom stereocenters. The third kappa shape index (κ3) is 7.01. The maximum absolute atomic E-state index is 13.0. The van der Waals surface area contributed by atoms with Crippen molar-refractivity contribution in [1.29, 1.82) is 0 Å². The van der Waals surface area contributed by atoms with Crippen LogP contribution in [0.4, 0.5) is 13.2 Å². The molecule has 0 radical (unpaired) electrons. The van der Waals surface area contributed by atoms with Gasteiger partial charge in [-0.2, -0.15) is 25.8 Å². The van der Waals surface area contributed by atoms with Gasteiger partial charge in [0.05, 0.1) is 6.61 Å². The summed E-state index contributed by atoms with van der Waals surface area (Å²) in [7, 11) is 0. The van der Waals surface area contributed by atoms with Crippen molar-refractivity contribution in [3.05, 3.63) is 29.8 Å². The van der Waals surface area contributed by atoms with Crippen LogP contribution in [0.25, 0.3) is 0 Å². The maximum atomic E-state index is 13.0. The Balaban J connectivity index is 1.55. The molecule has 0 N–H and O–H groups in total. The largest absolute Gasteiger partial charge is 0.494 e. The first-order chi connectivity index (χ1) is 13.0. The van der Waals surface area contributed by atoms with Crippen LogP contribution >= 0.6 is 12.6 Å². The van der Waals surface area contributed by atoms with Crippen molar-refractivity contribution in [2.75, 3.05) is 12.4 Å². The van der Waals surface area contributed by atoms with Crippen LogP contribution in [0.2, 0.25) is 0 Å². The summed E-state index contributed by atoms with van der Waals surface area (Å²) in [6.07, 6.45) is 7.59. The molecular formula is C20H29F3N2OS. The van der Waals surface area contributed by atoms with E-state index in [1.807, 2.05) is 0 Å². The smallest absolute Gasteiger partial charge is 0.442 e. The van der Waals surface area contributed by atoms with E-state index in [1.54, 1.807) is 12.1 Å². The average Bonchev–Trinajstić information content (AvgIpc) is 3.45. The van der Waals surface area contributed by atoms with Gasteiger partial charge in [-0.05, 0) is 30.7 Å². The van der Waals surface area contributed by atoms with Gasteiger partial charge in [-0.1, -0.05) is 63.5 Å². The molecule has 0 aromatic heterocycles. The standard InChI is InChI=1S/C20H29F3N2OS/c21-20(22,23)19(24-25-19)17-12-11-13-18(16-17)26-14-9-7-5-3-1-2-4-6-8-10-15-27/h11-13,16,27H,1-10,14-15H2. The molecule has 0 atom stereocenters. The Bertz CT molecular complexity index is 587. The zero-order valence-corrected chi connectivity index (χ0v) is 16.6. The minimum absolute atomic E-state index is 0.0156. The van der Waals surface area contributed by atoms with E-state index in [4.69, 9.17) is 4.74 Å². The second-order valence-corrected chi connectivity index (χ2v) is 7.45. The van der Waals surface area contributed by atoms with Gasteiger partial charge in [0.15, 0.2) is 0 Å². The fourth-order valence-corrected chi connectivity index (χ4v) is 3.29. The molecule has 0 fully saturated rings. The number of benzene rings is 1. The molecule has 7 heteroatoms. The van der Waals surface area contributed by atoms with Crippen molar-refractivity contribution in [2.45, 2.75) is 76.0 Å². The Morgan fingerprint density at radius 3 is 1.93 bits per heavy atom. The van der Waals surface area contributed by atoms with E-state index < -0.39 is 11.8 Å². The number of rotatable bonds is 14. The zero-order valence-electron chi connectivity index (χ0n) is 15.7. The molecule has 152 valence electrons. The van der Waals surface area contributed by atoms with E-state index in [-0.39, 0.29) is 5.56 Å². The predicted octanol–water partition coefficient (Wildman–Crippen LogP) is 7.08. The van der Waals surface area contributed by atoms with Gasteiger partial charge in [0, 0.05) is 5.56 Å². The first-order valence-electron chi connectivity index (χ1n) is 9.84. The summed E-state index contributed by atoms with van der Waals surface area (Å²) >= 11 is 4.21. The van der Waals surface area contributed by atoms with Crippen LogP contribution in [-0.4, -0.2) is 18.5 Å². The van der Waals surface area contributed by atoms with Crippen molar-refractivity contribution in [1.82, 2.24) is 0 Å². The molecule has 1 aliphatic rings. The number of hydrogen-bond acceptors (Lipinski definition) is 4. The van der Waals surface area contributed by atoms with Crippen LogP contribution in [0.1, 0.15) is 69.8 Å². The van der Waals surface area contributed by atoms with Crippen LogP contribution in [-0.2, 0) is 5.66 Å². The molecular weight excluding hydrogens is 373 g/mol. The van der Waals surface area contributed by atoms with E-state index >= 15 is 0 Å². The molecule has 27 heavy (non-hydrogen) atoms. The highest BCUT2D eigenvalue weighted by Crippen LogP contribution is 2.52. The number of ether oxygens (including phenoxy) is 1. The van der Waals surface area contributed by atoms with Crippen molar-refractivity contribution in [3.63, 3.8) is 0 Å². The van der Waals surface area contributed by atoms with Gasteiger partial charge in [-0.15, -0.1) is 10.2 Å². The van der Waals surface area contributed by atoms with Crippen LogP contribution < -0.4 is 4.74 Å². The predicted molar refractivity (Wildman–Crippen MR) is 105 cm³/mol. The third-order valence-electron chi connectivity index (χ3n) is 4.75. The summed E-state index contributed by atoms with van der Waals surface area (Å²) < 4.78 is 44.7. The second-order valence-electron chi connectivity index (χ2n) is 7.01. The van der Waals surface area contributed by atoms with E-state index in [0.29, 0.717) is 12.4 Å². The SMILES string of the molecule is FC(F)(F)C1(c2cccc(OCCCCCCCCCCCCS)c2)N=N1. The number of alkyl halides is 3. The monoisotopic (exact) mass is 402 g/mol. The molecule has 3 nitrogen and oxygen atoms in total.